The molecule has 0 saturated carbocycles. The first-order valence-corrected chi connectivity index (χ1v) is 8.10. The van der Waals surface area contributed by atoms with Crippen LogP contribution in [0.15, 0.2) is 28.8 Å². The van der Waals surface area contributed by atoms with Gasteiger partial charge in [0, 0.05) is 36.6 Å². The van der Waals surface area contributed by atoms with E-state index >= 15 is 0 Å². The van der Waals surface area contributed by atoms with Crippen LogP contribution in [0.3, 0.4) is 0 Å². The maximum atomic E-state index is 12.7. The van der Waals surface area contributed by atoms with Gasteiger partial charge >= 0.3 is 0 Å². The highest BCUT2D eigenvalue weighted by Gasteiger charge is 2.28. The minimum absolute atomic E-state index is 0.0751. The lowest BCUT2D eigenvalue weighted by atomic mass is 9.96. The summed E-state index contributed by atoms with van der Waals surface area (Å²) in [6, 6.07) is 6.50. The van der Waals surface area contributed by atoms with Crippen molar-refractivity contribution in [2.24, 2.45) is 5.73 Å². The van der Waals surface area contributed by atoms with E-state index in [1.54, 1.807) is 23.1 Å². The molecule has 0 bridgehead atoms. The molecule has 0 spiro atoms. The lowest BCUT2D eigenvalue weighted by molar-refractivity contribution is 0.0703. The SMILES string of the molecule is CCc1nc([C@@H]2CCCN(C(=O)c3cccc(C(N)=O)c3)C2)no1. The number of aromatic nitrogens is 2. The lowest BCUT2D eigenvalue weighted by Crippen LogP contribution is -2.39. The maximum Gasteiger partial charge on any atom is 0.253 e. The van der Waals surface area contributed by atoms with Crippen molar-refractivity contribution in [3.8, 4) is 0 Å². The number of benzene rings is 1. The van der Waals surface area contributed by atoms with E-state index in [0.717, 1.165) is 12.8 Å². The van der Waals surface area contributed by atoms with Gasteiger partial charge in [0.05, 0.1) is 0 Å². The molecule has 1 aliphatic heterocycles. The molecular weight excluding hydrogens is 308 g/mol. The number of primary amides is 1. The van der Waals surface area contributed by atoms with Crippen LogP contribution in [0, 0.1) is 0 Å². The highest BCUT2D eigenvalue weighted by molar-refractivity contribution is 5.99. The van der Waals surface area contributed by atoms with Crippen molar-refractivity contribution >= 4 is 11.8 Å². The van der Waals surface area contributed by atoms with Gasteiger partial charge in [-0.05, 0) is 31.0 Å². The van der Waals surface area contributed by atoms with E-state index in [1.165, 1.54) is 6.07 Å². The fourth-order valence-corrected chi connectivity index (χ4v) is 2.94. The van der Waals surface area contributed by atoms with Gasteiger partial charge in [-0.3, -0.25) is 9.59 Å². The normalized spacial score (nSPS) is 17.7. The quantitative estimate of drug-likeness (QED) is 0.921. The average molecular weight is 328 g/mol. The number of carbonyl (C=O) groups is 2. The molecule has 2 heterocycles. The Morgan fingerprint density at radius 3 is 2.88 bits per heavy atom. The zero-order valence-corrected chi connectivity index (χ0v) is 13.6. The fraction of sp³-hybridized carbons (Fsp3) is 0.412. The molecule has 0 aliphatic carbocycles. The molecule has 24 heavy (non-hydrogen) atoms. The summed E-state index contributed by atoms with van der Waals surface area (Å²) >= 11 is 0. The summed E-state index contributed by atoms with van der Waals surface area (Å²) in [5.41, 5.74) is 6.08. The van der Waals surface area contributed by atoms with Crippen molar-refractivity contribution in [1.29, 1.82) is 0 Å². The standard InChI is InChI=1S/C17H20N4O3/c1-2-14-19-16(20-24-14)13-7-4-8-21(10-13)17(23)12-6-3-5-11(9-12)15(18)22/h3,5-6,9,13H,2,4,7-8,10H2,1H3,(H2,18,22)/t13-/m1/s1. The van der Waals surface area contributed by atoms with Gasteiger partial charge in [0.1, 0.15) is 0 Å². The fourth-order valence-electron chi connectivity index (χ4n) is 2.94. The van der Waals surface area contributed by atoms with Crippen LogP contribution in [0.25, 0.3) is 0 Å². The predicted octanol–water partition coefficient (Wildman–Crippen LogP) is 1.75. The number of hydrogen-bond acceptors (Lipinski definition) is 5. The van der Waals surface area contributed by atoms with Crippen molar-refractivity contribution in [1.82, 2.24) is 15.0 Å². The van der Waals surface area contributed by atoms with Crippen molar-refractivity contribution in [2.45, 2.75) is 32.1 Å². The maximum absolute atomic E-state index is 12.7. The molecule has 7 heteroatoms. The van der Waals surface area contributed by atoms with Crippen molar-refractivity contribution in [3.63, 3.8) is 0 Å². The van der Waals surface area contributed by atoms with Crippen LogP contribution in [0.2, 0.25) is 0 Å². The minimum Gasteiger partial charge on any atom is -0.366 e. The van der Waals surface area contributed by atoms with Crippen LogP contribution in [0.4, 0.5) is 0 Å². The van der Waals surface area contributed by atoms with E-state index in [1.807, 2.05) is 6.92 Å². The Kier molecular flexibility index (Phi) is 4.59. The van der Waals surface area contributed by atoms with E-state index in [-0.39, 0.29) is 11.8 Å². The Hall–Kier alpha value is -2.70. The number of rotatable bonds is 4. The summed E-state index contributed by atoms with van der Waals surface area (Å²) < 4.78 is 5.17. The Bertz CT molecular complexity index is 756. The van der Waals surface area contributed by atoms with Gasteiger partial charge in [0.2, 0.25) is 11.8 Å². The smallest absolute Gasteiger partial charge is 0.253 e. The first-order chi connectivity index (χ1) is 11.6. The van der Waals surface area contributed by atoms with Gasteiger partial charge < -0.3 is 15.2 Å². The van der Waals surface area contributed by atoms with Crippen LogP contribution in [0.5, 0.6) is 0 Å². The Labute approximate surface area is 139 Å². The van der Waals surface area contributed by atoms with Gasteiger partial charge in [-0.1, -0.05) is 18.1 Å². The van der Waals surface area contributed by atoms with Gasteiger partial charge in [-0.25, -0.2) is 0 Å². The van der Waals surface area contributed by atoms with Crippen LogP contribution in [0.1, 0.15) is 58.1 Å². The largest absolute Gasteiger partial charge is 0.366 e. The zero-order valence-electron chi connectivity index (χ0n) is 13.6. The molecule has 7 nitrogen and oxygen atoms in total. The second-order valence-electron chi connectivity index (χ2n) is 5.94. The molecule has 2 aromatic rings. The van der Waals surface area contributed by atoms with Gasteiger partial charge in [-0.15, -0.1) is 0 Å². The van der Waals surface area contributed by atoms with Crippen molar-refractivity contribution < 1.29 is 14.1 Å². The summed E-state index contributed by atoms with van der Waals surface area (Å²) in [5.74, 6) is 0.700. The molecule has 1 aliphatic rings. The van der Waals surface area contributed by atoms with Crippen molar-refractivity contribution in [3.05, 3.63) is 47.1 Å². The van der Waals surface area contributed by atoms with E-state index in [9.17, 15) is 9.59 Å². The second-order valence-corrected chi connectivity index (χ2v) is 5.94. The molecule has 1 aromatic heterocycles. The van der Waals surface area contributed by atoms with Crippen LogP contribution in [-0.2, 0) is 6.42 Å². The number of nitrogens with two attached hydrogens (primary N) is 1. The molecule has 126 valence electrons. The molecule has 2 N–H and O–H groups in total. The molecule has 0 radical (unpaired) electrons. The third-order valence-corrected chi connectivity index (χ3v) is 4.25. The molecule has 1 atom stereocenters. The van der Waals surface area contributed by atoms with Crippen LogP contribution >= 0.6 is 0 Å². The van der Waals surface area contributed by atoms with E-state index in [0.29, 0.717) is 42.4 Å². The number of nitrogens with zero attached hydrogens (tertiary/aromatic N) is 3. The third-order valence-electron chi connectivity index (χ3n) is 4.25. The summed E-state index contributed by atoms with van der Waals surface area (Å²) in [6.07, 6.45) is 2.50. The van der Waals surface area contributed by atoms with Gasteiger partial charge in [-0.2, -0.15) is 4.98 Å². The first-order valence-electron chi connectivity index (χ1n) is 8.10. The minimum atomic E-state index is -0.542. The second kappa shape index (κ2) is 6.82. The third kappa shape index (κ3) is 3.29. The average Bonchev–Trinajstić information content (AvgIpc) is 3.10. The zero-order chi connectivity index (χ0) is 17.1. The van der Waals surface area contributed by atoms with Crippen LogP contribution < -0.4 is 5.73 Å². The topological polar surface area (TPSA) is 102 Å². The molecule has 2 amide bonds. The Morgan fingerprint density at radius 2 is 2.17 bits per heavy atom. The van der Waals surface area contributed by atoms with E-state index in [2.05, 4.69) is 10.1 Å². The number of piperidine rings is 1. The van der Waals surface area contributed by atoms with Gasteiger partial charge in [0.25, 0.3) is 5.91 Å². The summed E-state index contributed by atoms with van der Waals surface area (Å²) in [5, 5.41) is 4.03. The highest BCUT2D eigenvalue weighted by Crippen LogP contribution is 2.26. The molecule has 3 rings (SSSR count). The summed E-state index contributed by atoms with van der Waals surface area (Å²) in [4.78, 5) is 30.2. The summed E-state index contributed by atoms with van der Waals surface area (Å²) in [6.45, 7) is 3.18. The molecule has 0 unspecified atom stereocenters. The molecule has 1 fully saturated rings. The number of carbonyl (C=O) groups excluding carboxylic acids is 2. The Balaban J connectivity index is 1.75. The lowest BCUT2D eigenvalue weighted by Gasteiger charge is -2.31. The highest BCUT2D eigenvalue weighted by atomic mass is 16.5. The summed E-state index contributed by atoms with van der Waals surface area (Å²) in [7, 11) is 0. The number of amides is 2. The van der Waals surface area contributed by atoms with Gasteiger partial charge in [0.15, 0.2) is 5.82 Å². The number of likely N-dealkylation sites (tertiary alicyclic amines) is 1. The predicted molar refractivity (Wildman–Crippen MR) is 86.5 cm³/mol. The first kappa shape index (κ1) is 16.2. The molecular formula is C17H20N4O3. The Morgan fingerprint density at radius 1 is 1.38 bits per heavy atom. The van der Waals surface area contributed by atoms with E-state index in [4.69, 9.17) is 10.3 Å². The molecule has 1 saturated heterocycles. The van der Waals surface area contributed by atoms with Crippen LogP contribution in [-0.4, -0.2) is 39.9 Å². The monoisotopic (exact) mass is 328 g/mol. The van der Waals surface area contributed by atoms with E-state index < -0.39 is 5.91 Å². The van der Waals surface area contributed by atoms with Crippen molar-refractivity contribution in [2.75, 3.05) is 13.1 Å². The molecule has 1 aromatic carbocycles. The number of aryl methyl sites for hydroxylation is 1. The number of hydrogen-bond donors (Lipinski definition) is 1.